The number of carbonyl (C=O) groups excluding carboxylic acids is 1. The molecule has 0 aromatic carbocycles. The highest BCUT2D eigenvalue weighted by molar-refractivity contribution is 5.81. The topological polar surface area (TPSA) is 65.4 Å². The van der Waals surface area contributed by atoms with E-state index in [0.29, 0.717) is 32.2 Å². The van der Waals surface area contributed by atoms with Gasteiger partial charge in [0.1, 0.15) is 0 Å². The predicted octanol–water partition coefficient (Wildman–Crippen LogP) is 1.30. The number of ether oxygens (including phenoxy) is 1. The molecular formula is C14H25N3O2. The summed E-state index contributed by atoms with van der Waals surface area (Å²) in [6.07, 6.45) is 5.04. The zero-order valence-corrected chi connectivity index (χ0v) is 12.0. The molecule has 5 heteroatoms. The summed E-state index contributed by atoms with van der Waals surface area (Å²) in [6.45, 7) is 3.76. The second-order valence-corrected chi connectivity index (χ2v) is 5.10. The van der Waals surface area contributed by atoms with Crippen LogP contribution in [0.5, 0.6) is 0 Å². The van der Waals surface area contributed by atoms with Crippen LogP contribution >= 0.6 is 0 Å². The first-order valence-corrected chi connectivity index (χ1v) is 7.09. The fourth-order valence-corrected chi connectivity index (χ4v) is 2.46. The monoisotopic (exact) mass is 267 g/mol. The van der Waals surface area contributed by atoms with Crippen LogP contribution in [0.4, 0.5) is 0 Å². The fraction of sp³-hybridized carbons (Fsp3) is 0.857. The van der Waals surface area contributed by atoms with E-state index in [9.17, 15) is 4.79 Å². The molecule has 1 atom stereocenters. The summed E-state index contributed by atoms with van der Waals surface area (Å²) in [5.41, 5.74) is 0. The van der Waals surface area contributed by atoms with Crippen molar-refractivity contribution in [1.82, 2.24) is 10.2 Å². The Morgan fingerprint density at radius 2 is 2.16 bits per heavy atom. The summed E-state index contributed by atoms with van der Waals surface area (Å²) in [5, 5.41) is 11.8. The molecule has 1 fully saturated rings. The molecule has 1 N–H and O–H groups in total. The van der Waals surface area contributed by atoms with Crippen molar-refractivity contribution in [2.75, 3.05) is 26.8 Å². The molecule has 0 aromatic heterocycles. The van der Waals surface area contributed by atoms with Crippen LogP contribution in [0.1, 0.15) is 39.0 Å². The molecular weight excluding hydrogens is 242 g/mol. The Balaban J connectivity index is 2.45. The predicted molar refractivity (Wildman–Crippen MR) is 73.5 cm³/mol. The smallest absolute Gasteiger partial charge is 0.237 e. The second-order valence-electron chi connectivity index (χ2n) is 5.10. The molecule has 1 amide bonds. The van der Waals surface area contributed by atoms with Gasteiger partial charge in [0.15, 0.2) is 0 Å². The van der Waals surface area contributed by atoms with Crippen LogP contribution in [-0.2, 0) is 9.53 Å². The third-order valence-electron chi connectivity index (χ3n) is 3.72. The Bertz CT molecular complexity index is 308. The largest absolute Gasteiger partial charge is 0.383 e. The van der Waals surface area contributed by atoms with Gasteiger partial charge in [0.25, 0.3) is 0 Å². The minimum atomic E-state index is -0.205. The van der Waals surface area contributed by atoms with Crippen LogP contribution in [0.2, 0.25) is 0 Å². The molecule has 1 aliphatic rings. The van der Waals surface area contributed by atoms with Gasteiger partial charge in [0.05, 0.1) is 18.7 Å². The highest BCUT2D eigenvalue weighted by Gasteiger charge is 2.24. The Morgan fingerprint density at radius 1 is 1.47 bits per heavy atom. The summed E-state index contributed by atoms with van der Waals surface area (Å²) in [5.74, 6) is 0.0703. The van der Waals surface area contributed by atoms with Gasteiger partial charge in [0, 0.05) is 32.7 Å². The first-order valence-electron chi connectivity index (χ1n) is 7.09. The van der Waals surface area contributed by atoms with E-state index in [-0.39, 0.29) is 11.9 Å². The lowest BCUT2D eigenvalue weighted by Crippen LogP contribution is -2.48. The summed E-state index contributed by atoms with van der Waals surface area (Å²) in [7, 11) is 1.64. The van der Waals surface area contributed by atoms with Gasteiger partial charge >= 0.3 is 0 Å². The standard InChI is InChI=1S/C14H25N3O2/c1-12(14(18)16-13-6-3-4-7-13)17(9-5-8-15)10-11-19-2/h12-13H,3-7,9-11H2,1-2H3,(H,16,18). The van der Waals surface area contributed by atoms with E-state index in [1.165, 1.54) is 12.8 Å². The van der Waals surface area contributed by atoms with Gasteiger partial charge < -0.3 is 10.1 Å². The number of methoxy groups -OCH3 is 1. The van der Waals surface area contributed by atoms with Gasteiger partial charge in [-0.3, -0.25) is 9.69 Å². The van der Waals surface area contributed by atoms with Gasteiger partial charge in [-0.15, -0.1) is 0 Å². The number of hydrogen-bond acceptors (Lipinski definition) is 4. The number of rotatable bonds is 8. The number of amides is 1. The minimum absolute atomic E-state index is 0.0703. The normalized spacial score (nSPS) is 17.4. The van der Waals surface area contributed by atoms with Crippen LogP contribution in [0.15, 0.2) is 0 Å². The summed E-state index contributed by atoms with van der Waals surface area (Å²) >= 11 is 0. The number of nitriles is 1. The molecule has 0 radical (unpaired) electrons. The molecule has 19 heavy (non-hydrogen) atoms. The Morgan fingerprint density at radius 3 is 2.74 bits per heavy atom. The highest BCUT2D eigenvalue weighted by atomic mass is 16.5. The van der Waals surface area contributed by atoms with E-state index >= 15 is 0 Å². The summed E-state index contributed by atoms with van der Waals surface area (Å²) in [6, 6.07) is 2.27. The maximum absolute atomic E-state index is 12.2. The molecule has 0 bridgehead atoms. The lowest BCUT2D eigenvalue weighted by Gasteiger charge is -2.28. The molecule has 1 aliphatic carbocycles. The fourth-order valence-electron chi connectivity index (χ4n) is 2.46. The zero-order chi connectivity index (χ0) is 14.1. The third kappa shape index (κ3) is 5.58. The lowest BCUT2D eigenvalue weighted by molar-refractivity contribution is -0.126. The molecule has 5 nitrogen and oxygen atoms in total. The molecule has 108 valence electrons. The second kappa shape index (κ2) is 8.89. The minimum Gasteiger partial charge on any atom is -0.383 e. The summed E-state index contributed by atoms with van der Waals surface area (Å²) in [4.78, 5) is 14.2. The average Bonchev–Trinajstić information content (AvgIpc) is 2.91. The van der Waals surface area contributed by atoms with Crippen molar-refractivity contribution in [2.45, 2.75) is 51.1 Å². The van der Waals surface area contributed by atoms with Crippen molar-refractivity contribution < 1.29 is 9.53 Å². The highest BCUT2D eigenvalue weighted by Crippen LogP contribution is 2.18. The molecule has 1 saturated carbocycles. The summed E-state index contributed by atoms with van der Waals surface area (Å²) < 4.78 is 5.06. The van der Waals surface area contributed by atoms with Crippen LogP contribution in [-0.4, -0.2) is 49.7 Å². The number of nitrogens with zero attached hydrogens (tertiary/aromatic N) is 2. The van der Waals surface area contributed by atoms with Crippen LogP contribution < -0.4 is 5.32 Å². The Kier molecular flexibility index (Phi) is 7.46. The SMILES string of the molecule is COCCN(CCC#N)C(C)C(=O)NC1CCCC1. The van der Waals surface area contributed by atoms with Gasteiger partial charge in [-0.25, -0.2) is 0 Å². The van der Waals surface area contributed by atoms with Gasteiger partial charge in [-0.2, -0.15) is 5.26 Å². The molecule has 1 unspecified atom stereocenters. The van der Waals surface area contributed by atoms with Gasteiger partial charge in [0.2, 0.25) is 5.91 Å². The van der Waals surface area contributed by atoms with Crippen molar-refractivity contribution in [3.05, 3.63) is 0 Å². The number of carbonyl (C=O) groups is 1. The van der Waals surface area contributed by atoms with Gasteiger partial charge in [-0.1, -0.05) is 12.8 Å². The van der Waals surface area contributed by atoms with E-state index in [1.54, 1.807) is 7.11 Å². The molecule has 1 rings (SSSR count). The van der Waals surface area contributed by atoms with Gasteiger partial charge in [-0.05, 0) is 19.8 Å². The first-order chi connectivity index (χ1) is 9.19. The third-order valence-corrected chi connectivity index (χ3v) is 3.72. The maximum atomic E-state index is 12.2. The first kappa shape index (κ1) is 15.9. The maximum Gasteiger partial charge on any atom is 0.237 e. The molecule has 0 saturated heterocycles. The van der Waals surface area contributed by atoms with Crippen LogP contribution in [0.3, 0.4) is 0 Å². The van der Waals surface area contributed by atoms with Crippen molar-refractivity contribution in [1.29, 1.82) is 5.26 Å². The number of hydrogen-bond donors (Lipinski definition) is 1. The number of nitrogens with one attached hydrogen (secondary N) is 1. The van der Waals surface area contributed by atoms with Crippen molar-refractivity contribution in [3.8, 4) is 6.07 Å². The molecule has 0 heterocycles. The van der Waals surface area contributed by atoms with E-state index in [4.69, 9.17) is 10.00 Å². The molecule has 0 spiro atoms. The van der Waals surface area contributed by atoms with E-state index < -0.39 is 0 Å². The van der Waals surface area contributed by atoms with Crippen LogP contribution in [0, 0.1) is 11.3 Å². The van der Waals surface area contributed by atoms with Crippen molar-refractivity contribution in [2.24, 2.45) is 0 Å². The van der Waals surface area contributed by atoms with Crippen molar-refractivity contribution >= 4 is 5.91 Å². The zero-order valence-electron chi connectivity index (χ0n) is 12.0. The van der Waals surface area contributed by atoms with E-state index in [0.717, 1.165) is 12.8 Å². The quantitative estimate of drug-likeness (QED) is 0.720. The van der Waals surface area contributed by atoms with E-state index in [2.05, 4.69) is 11.4 Å². The molecule has 0 aliphatic heterocycles. The molecule has 0 aromatic rings. The Labute approximate surface area is 115 Å². The Hall–Kier alpha value is -1.12. The van der Waals surface area contributed by atoms with Crippen molar-refractivity contribution in [3.63, 3.8) is 0 Å². The van der Waals surface area contributed by atoms with E-state index in [1.807, 2.05) is 11.8 Å². The lowest BCUT2D eigenvalue weighted by atomic mass is 10.2. The average molecular weight is 267 g/mol. The van der Waals surface area contributed by atoms with Crippen LogP contribution in [0.25, 0.3) is 0 Å².